The minimum Gasteiger partial charge on any atom is -0.334 e. The van der Waals surface area contributed by atoms with Crippen LogP contribution in [0.5, 0.6) is 0 Å². The summed E-state index contributed by atoms with van der Waals surface area (Å²) in [4.78, 5) is 25.6. The Morgan fingerprint density at radius 2 is 1.86 bits per heavy atom. The van der Waals surface area contributed by atoms with E-state index in [9.17, 15) is 18.0 Å². The Bertz CT molecular complexity index is 727. The van der Waals surface area contributed by atoms with Crippen molar-refractivity contribution in [2.24, 2.45) is 5.92 Å². The molecule has 0 saturated carbocycles. The van der Waals surface area contributed by atoms with Gasteiger partial charge in [-0.25, -0.2) is 13.2 Å². The molecule has 1 saturated heterocycles. The van der Waals surface area contributed by atoms with E-state index in [2.05, 4.69) is 5.32 Å². The predicted octanol–water partition coefficient (Wildman–Crippen LogP) is 1.47. The molecule has 1 heterocycles. The maximum Gasteiger partial charge on any atom is 0.324 e. The third-order valence-electron chi connectivity index (χ3n) is 3.98. The van der Waals surface area contributed by atoms with Crippen LogP contribution in [0, 0.1) is 12.8 Å². The first kappa shape index (κ1) is 16.5. The maximum absolute atomic E-state index is 12.2. The molecule has 0 aromatic heterocycles. The van der Waals surface area contributed by atoms with E-state index in [0.717, 1.165) is 11.8 Å². The highest BCUT2D eigenvalue weighted by molar-refractivity contribution is 7.90. The van der Waals surface area contributed by atoms with E-state index < -0.39 is 15.9 Å². The van der Waals surface area contributed by atoms with Gasteiger partial charge in [0.1, 0.15) is 0 Å². The molecule has 0 radical (unpaired) electrons. The zero-order valence-corrected chi connectivity index (χ0v) is 13.9. The lowest BCUT2D eigenvalue weighted by Gasteiger charge is -2.34. The monoisotopic (exact) mass is 324 g/mol. The van der Waals surface area contributed by atoms with Gasteiger partial charge in [-0.3, -0.25) is 9.69 Å². The van der Waals surface area contributed by atoms with Crippen molar-refractivity contribution >= 4 is 21.8 Å². The number of carbonyl (C=O) groups excluding carboxylic acids is 2. The number of benzene rings is 1. The van der Waals surface area contributed by atoms with Gasteiger partial charge in [-0.2, -0.15) is 0 Å². The molecule has 7 heteroatoms. The van der Waals surface area contributed by atoms with Crippen LogP contribution in [0.15, 0.2) is 23.1 Å². The average molecular weight is 324 g/mol. The van der Waals surface area contributed by atoms with Gasteiger partial charge >= 0.3 is 6.03 Å². The summed E-state index contributed by atoms with van der Waals surface area (Å²) in [5, 5.41) is 2.75. The Labute approximate surface area is 130 Å². The first-order chi connectivity index (χ1) is 10.1. The van der Waals surface area contributed by atoms with E-state index in [1.54, 1.807) is 32.9 Å². The van der Waals surface area contributed by atoms with E-state index in [1.807, 2.05) is 0 Å². The molecule has 1 N–H and O–H groups in total. The highest BCUT2D eigenvalue weighted by Gasteiger charge is 2.35. The third-order valence-corrected chi connectivity index (χ3v) is 5.24. The van der Waals surface area contributed by atoms with Gasteiger partial charge in [0, 0.05) is 12.3 Å². The Morgan fingerprint density at radius 1 is 1.23 bits per heavy atom. The molecule has 22 heavy (non-hydrogen) atoms. The van der Waals surface area contributed by atoms with Crippen LogP contribution < -0.4 is 5.32 Å². The van der Waals surface area contributed by atoms with Gasteiger partial charge in [0.05, 0.1) is 17.4 Å². The normalized spacial score (nSPS) is 22.6. The lowest BCUT2D eigenvalue weighted by molar-refractivity contribution is -0.134. The largest absolute Gasteiger partial charge is 0.334 e. The fourth-order valence-electron chi connectivity index (χ4n) is 2.52. The summed E-state index contributed by atoms with van der Waals surface area (Å²) < 4.78 is 23.2. The molecular weight excluding hydrogens is 304 g/mol. The van der Waals surface area contributed by atoms with E-state index in [1.165, 1.54) is 11.0 Å². The number of hydrogen-bond acceptors (Lipinski definition) is 4. The van der Waals surface area contributed by atoms with Crippen molar-refractivity contribution in [3.63, 3.8) is 0 Å². The van der Waals surface area contributed by atoms with Gasteiger partial charge in [-0.1, -0.05) is 19.1 Å². The van der Waals surface area contributed by atoms with Gasteiger partial charge in [-0.05, 0) is 31.0 Å². The number of amides is 3. The van der Waals surface area contributed by atoms with E-state index in [0.29, 0.717) is 5.56 Å². The molecule has 1 aromatic rings. The summed E-state index contributed by atoms with van der Waals surface area (Å²) in [6, 6.07) is 4.23. The zero-order valence-electron chi connectivity index (χ0n) is 13.1. The van der Waals surface area contributed by atoms with Crippen molar-refractivity contribution < 1.29 is 18.0 Å². The minimum atomic E-state index is -3.28. The average Bonchev–Trinajstić information content (AvgIpc) is 2.40. The number of hydrogen-bond donors (Lipinski definition) is 1. The van der Waals surface area contributed by atoms with Crippen LogP contribution in [-0.2, 0) is 21.2 Å². The number of sulfone groups is 1. The summed E-state index contributed by atoms with van der Waals surface area (Å²) in [5.41, 5.74) is 1.32. The molecule has 1 fully saturated rings. The second-order valence-electron chi connectivity index (χ2n) is 5.82. The molecule has 2 rings (SSSR count). The van der Waals surface area contributed by atoms with Crippen LogP contribution >= 0.6 is 0 Å². The highest BCUT2D eigenvalue weighted by Crippen LogP contribution is 2.20. The Balaban J connectivity index is 2.26. The molecule has 6 nitrogen and oxygen atoms in total. The lowest BCUT2D eigenvalue weighted by atomic mass is 9.99. The Kier molecular flexibility index (Phi) is 4.28. The first-order valence-corrected chi connectivity index (χ1v) is 8.92. The summed E-state index contributed by atoms with van der Waals surface area (Å²) >= 11 is 0. The standard InChI is InChI=1S/C15H20N2O4S/c1-9-7-12(5-6-13(9)22(4,20)21)8-17-14(18)10(2)11(3)16-15(17)19/h5-7,10-11H,8H2,1-4H3,(H,16,19). The molecule has 3 amide bonds. The van der Waals surface area contributed by atoms with Gasteiger partial charge in [0.25, 0.3) is 0 Å². The van der Waals surface area contributed by atoms with Gasteiger partial charge in [0.2, 0.25) is 5.91 Å². The molecule has 0 bridgehead atoms. The van der Waals surface area contributed by atoms with Crippen molar-refractivity contribution in [1.82, 2.24) is 10.2 Å². The van der Waals surface area contributed by atoms with Gasteiger partial charge < -0.3 is 5.32 Å². The van der Waals surface area contributed by atoms with Crippen molar-refractivity contribution in [3.8, 4) is 0 Å². The van der Waals surface area contributed by atoms with Crippen LogP contribution in [0.1, 0.15) is 25.0 Å². The predicted molar refractivity (Wildman–Crippen MR) is 82.0 cm³/mol. The van der Waals surface area contributed by atoms with Crippen LogP contribution in [0.3, 0.4) is 0 Å². The topological polar surface area (TPSA) is 83.6 Å². The minimum absolute atomic E-state index is 0.132. The molecule has 1 aliphatic rings. The van der Waals surface area contributed by atoms with E-state index in [4.69, 9.17) is 0 Å². The summed E-state index contributed by atoms with van der Waals surface area (Å²) in [6.07, 6.45) is 1.15. The first-order valence-electron chi connectivity index (χ1n) is 7.02. The number of nitrogens with zero attached hydrogens (tertiary/aromatic N) is 1. The molecule has 1 aliphatic heterocycles. The molecule has 1 aromatic carbocycles. The van der Waals surface area contributed by atoms with Crippen molar-refractivity contribution in [1.29, 1.82) is 0 Å². The second kappa shape index (κ2) is 5.72. The van der Waals surface area contributed by atoms with Crippen LogP contribution in [0.4, 0.5) is 4.79 Å². The fraction of sp³-hybridized carbons (Fsp3) is 0.467. The van der Waals surface area contributed by atoms with Gasteiger partial charge in [0.15, 0.2) is 9.84 Å². The highest BCUT2D eigenvalue weighted by atomic mass is 32.2. The van der Waals surface area contributed by atoms with Crippen molar-refractivity contribution in [3.05, 3.63) is 29.3 Å². The Morgan fingerprint density at radius 3 is 2.41 bits per heavy atom. The molecule has 0 aliphatic carbocycles. The van der Waals surface area contributed by atoms with E-state index in [-0.39, 0.29) is 29.3 Å². The second-order valence-corrected chi connectivity index (χ2v) is 7.81. The third kappa shape index (κ3) is 3.14. The quantitative estimate of drug-likeness (QED) is 0.913. The number of aryl methyl sites for hydroxylation is 1. The summed E-state index contributed by atoms with van der Waals surface area (Å²) in [6.45, 7) is 5.40. The fourth-order valence-corrected chi connectivity index (χ4v) is 3.47. The lowest BCUT2D eigenvalue weighted by Crippen LogP contribution is -2.57. The van der Waals surface area contributed by atoms with Crippen molar-refractivity contribution in [2.75, 3.05) is 6.26 Å². The number of carbonyl (C=O) groups is 2. The smallest absolute Gasteiger partial charge is 0.324 e. The van der Waals surface area contributed by atoms with Crippen LogP contribution in [-0.4, -0.2) is 37.6 Å². The van der Waals surface area contributed by atoms with Crippen LogP contribution in [0.2, 0.25) is 0 Å². The molecule has 0 spiro atoms. The van der Waals surface area contributed by atoms with Gasteiger partial charge in [-0.15, -0.1) is 0 Å². The molecule has 2 atom stereocenters. The molecule has 120 valence electrons. The number of urea groups is 1. The number of rotatable bonds is 3. The van der Waals surface area contributed by atoms with Crippen LogP contribution in [0.25, 0.3) is 0 Å². The number of nitrogens with one attached hydrogen (secondary N) is 1. The SMILES string of the molecule is Cc1cc(CN2C(=O)NC(C)C(C)C2=O)ccc1S(C)(=O)=O. The summed E-state index contributed by atoms with van der Waals surface area (Å²) in [5.74, 6) is -0.504. The van der Waals surface area contributed by atoms with E-state index >= 15 is 0 Å². The Hall–Kier alpha value is -1.89. The maximum atomic E-state index is 12.2. The molecular formula is C15H20N2O4S. The number of imide groups is 1. The van der Waals surface area contributed by atoms with Crippen molar-refractivity contribution in [2.45, 2.75) is 38.3 Å². The summed E-state index contributed by atoms with van der Waals surface area (Å²) in [7, 11) is -3.28. The zero-order chi connectivity index (χ0) is 16.7. The molecule has 2 unspecified atom stereocenters.